The van der Waals surface area contributed by atoms with E-state index in [0.29, 0.717) is 0 Å². The third-order valence-electron chi connectivity index (χ3n) is 5.17. The highest BCUT2D eigenvalue weighted by atomic mass is 32.1. The molecule has 1 aromatic heterocycles. The second-order valence-corrected chi connectivity index (χ2v) is 7.44. The van der Waals surface area contributed by atoms with Crippen LogP contribution in [0, 0.1) is 0 Å². The Kier molecular flexibility index (Phi) is 3.13. The molecule has 1 aliphatic carbocycles. The van der Waals surface area contributed by atoms with E-state index < -0.39 is 0 Å². The van der Waals surface area contributed by atoms with Crippen molar-refractivity contribution in [3.05, 3.63) is 16.1 Å². The van der Waals surface area contributed by atoms with Gasteiger partial charge in [-0.05, 0) is 45.6 Å². The Morgan fingerprint density at radius 1 is 1.26 bits per heavy atom. The van der Waals surface area contributed by atoms with Crippen LogP contribution in [0.25, 0.3) is 0 Å². The minimum atomic E-state index is 0.730. The lowest BCUT2D eigenvalue weighted by Crippen LogP contribution is -2.39. The summed E-state index contributed by atoms with van der Waals surface area (Å²) in [5.41, 5.74) is 1.26. The van der Waals surface area contributed by atoms with Gasteiger partial charge in [0.25, 0.3) is 0 Å². The second-order valence-electron chi connectivity index (χ2n) is 6.55. The molecule has 0 radical (unpaired) electrons. The Balaban J connectivity index is 1.41. The molecule has 0 spiro atoms. The van der Waals surface area contributed by atoms with E-state index in [1.54, 1.807) is 0 Å². The first kappa shape index (κ1) is 12.3. The summed E-state index contributed by atoms with van der Waals surface area (Å²) in [7, 11) is 2.31. The van der Waals surface area contributed by atoms with Gasteiger partial charge in [-0.15, -0.1) is 11.3 Å². The molecule has 4 rings (SSSR count). The van der Waals surface area contributed by atoms with E-state index in [-0.39, 0.29) is 0 Å². The van der Waals surface area contributed by atoms with E-state index in [4.69, 9.17) is 4.98 Å². The van der Waals surface area contributed by atoms with Crippen LogP contribution in [0.5, 0.6) is 0 Å². The quantitative estimate of drug-likeness (QED) is 0.917. The number of nitrogens with zero attached hydrogens (tertiary/aromatic N) is 2. The molecule has 2 aliphatic heterocycles. The fourth-order valence-electron chi connectivity index (χ4n) is 3.74. The van der Waals surface area contributed by atoms with Gasteiger partial charge in [0.2, 0.25) is 0 Å². The third-order valence-corrected chi connectivity index (χ3v) is 6.22. The van der Waals surface area contributed by atoms with Gasteiger partial charge in [-0.3, -0.25) is 0 Å². The van der Waals surface area contributed by atoms with Gasteiger partial charge < -0.3 is 10.2 Å². The van der Waals surface area contributed by atoms with Crippen LogP contribution in [-0.4, -0.2) is 35.1 Å². The highest BCUT2D eigenvalue weighted by molar-refractivity contribution is 7.09. The molecule has 4 heteroatoms. The number of thiazole rings is 1. The summed E-state index contributed by atoms with van der Waals surface area (Å²) in [6, 6.07) is 2.42. The summed E-state index contributed by atoms with van der Waals surface area (Å²) < 4.78 is 0. The molecule has 2 bridgehead atoms. The number of rotatable bonds is 4. The van der Waals surface area contributed by atoms with Crippen molar-refractivity contribution in [2.75, 3.05) is 7.05 Å². The van der Waals surface area contributed by atoms with Gasteiger partial charge in [0.05, 0.1) is 10.7 Å². The van der Waals surface area contributed by atoms with Crippen LogP contribution in [0.4, 0.5) is 0 Å². The molecule has 3 aliphatic rings. The second kappa shape index (κ2) is 4.83. The van der Waals surface area contributed by atoms with Gasteiger partial charge in [-0.2, -0.15) is 0 Å². The maximum absolute atomic E-state index is 4.89. The van der Waals surface area contributed by atoms with E-state index in [1.165, 1.54) is 49.2 Å². The molecular formula is C15H23N3S. The monoisotopic (exact) mass is 277 g/mol. The number of fused-ring (bicyclic) bond motifs is 2. The summed E-state index contributed by atoms with van der Waals surface area (Å²) in [6.07, 6.45) is 8.18. The summed E-state index contributed by atoms with van der Waals surface area (Å²) >= 11 is 1.89. The van der Waals surface area contributed by atoms with Crippen LogP contribution in [-0.2, 0) is 6.54 Å². The Morgan fingerprint density at radius 3 is 2.68 bits per heavy atom. The predicted molar refractivity (Wildman–Crippen MR) is 78.5 cm³/mol. The SMILES string of the molecule is CN1C2CCC1CC(c1nc(CNC3CC3)cs1)C2. The molecule has 104 valence electrons. The lowest BCUT2D eigenvalue weighted by atomic mass is 9.92. The van der Waals surface area contributed by atoms with Gasteiger partial charge in [0.1, 0.15) is 0 Å². The molecule has 2 atom stereocenters. The number of hydrogen-bond acceptors (Lipinski definition) is 4. The minimum absolute atomic E-state index is 0.730. The van der Waals surface area contributed by atoms with Gasteiger partial charge in [-0.1, -0.05) is 0 Å². The van der Waals surface area contributed by atoms with Crippen molar-refractivity contribution >= 4 is 11.3 Å². The van der Waals surface area contributed by atoms with E-state index in [2.05, 4.69) is 22.6 Å². The average molecular weight is 277 g/mol. The molecule has 2 unspecified atom stereocenters. The standard InChI is InChI=1S/C15H23N3S/c1-18-13-4-5-14(18)7-10(6-13)15-17-12(9-19-15)8-16-11-2-3-11/h9-11,13-14,16H,2-8H2,1H3. The molecule has 19 heavy (non-hydrogen) atoms. The Hall–Kier alpha value is -0.450. The Morgan fingerprint density at radius 2 is 2.00 bits per heavy atom. The topological polar surface area (TPSA) is 28.2 Å². The van der Waals surface area contributed by atoms with Crippen LogP contribution >= 0.6 is 11.3 Å². The Bertz CT molecular complexity index is 440. The zero-order valence-electron chi connectivity index (χ0n) is 11.6. The first-order chi connectivity index (χ1) is 9.29. The molecule has 2 saturated heterocycles. The maximum atomic E-state index is 4.89. The first-order valence-electron chi connectivity index (χ1n) is 7.69. The molecule has 1 aromatic rings. The average Bonchev–Trinajstić information content (AvgIpc) is 3.10. The minimum Gasteiger partial charge on any atom is -0.308 e. The molecule has 0 aromatic carbocycles. The summed E-state index contributed by atoms with van der Waals surface area (Å²) in [5.74, 6) is 0.730. The molecule has 1 saturated carbocycles. The molecule has 3 nitrogen and oxygen atoms in total. The smallest absolute Gasteiger partial charge is 0.0961 e. The molecule has 0 amide bonds. The lowest BCUT2D eigenvalue weighted by Gasteiger charge is -2.35. The van der Waals surface area contributed by atoms with Gasteiger partial charge in [0.15, 0.2) is 0 Å². The van der Waals surface area contributed by atoms with Crippen molar-refractivity contribution in [2.24, 2.45) is 0 Å². The lowest BCUT2D eigenvalue weighted by molar-refractivity contribution is 0.161. The predicted octanol–water partition coefficient (Wildman–Crippen LogP) is 2.74. The number of nitrogens with one attached hydrogen (secondary N) is 1. The van der Waals surface area contributed by atoms with E-state index >= 15 is 0 Å². The first-order valence-corrected chi connectivity index (χ1v) is 8.57. The van der Waals surface area contributed by atoms with Crippen molar-refractivity contribution in [1.82, 2.24) is 15.2 Å². The number of aromatic nitrogens is 1. The van der Waals surface area contributed by atoms with Crippen LogP contribution in [0.15, 0.2) is 5.38 Å². The summed E-state index contributed by atoms with van der Waals surface area (Å²) in [4.78, 5) is 7.50. The van der Waals surface area contributed by atoms with Crippen molar-refractivity contribution in [2.45, 2.75) is 69.1 Å². The van der Waals surface area contributed by atoms with E-state index in [0.717, 1.165) is 30.6 Å². The fraction of sp³-hybridized carbons (Fsp3) is 0.800. The molecule has 1 N–H and O–H groups in total. The summed E-state index contributed by atoms with van der Waals surface area (Å²) in [6.45, 7) is 0.973. The van der Waals surface area contributed by atoms with Gasteiger partial charge >= 0.3 is 0 Å². The normalized spacial score (nSPS) is 34.9. The van der Waals surface area contributed by atoms with Crippen LogP contribution in [0.2, 0.25) is 0 Å². The van der Waals surface area contributed by atoms with Crippen molar-refractivity contribution in [3.63, 3.8) is 0 Å². The number of piperidine rings is 1. The number of hydrogen-bond donors (Lipinski definition) is 1. The zero-order chi connectivity index (χ0) is 12.8. The van der Waals surface area contributed by atoms with Crippen LogP contribution in [0.3, 0.4) is 0 Å². The Labute approximate surface area is 119 Å². The highest BCUT2D eigenvalue weighted by Gasteiger charge is 2.39. The zero-order valence-corrected chi connectivity index (χ0v) is 12.5. The van der Waals surface area contributed by atoms with Crippen LogP contribution in [0.1, 0.15) is 55.1 Å². The van der Waals surface area contributed by atoms with Crippen molar-refractivity contribution < 1.29 is 0 Å². The van der Waals surface area contributed by atoms with Gasteiger partial charge in [-0.25, -0.2) is 4.98 Å². The van der Waals surface area contributed by atoms with Crippen molar-refractivity contribution in [3.8, 4) is 0 Å². The molecular weight excluding hydrogens is 254 g/mol. The third kappa shape index (κ3) is 2.46. The van der Waals surface area contributed by atoms with Gasteiger partial charge in [0, 0.05) is 36.0 Å². The molecule has 3 fully saturated rings. The fourth-order valence-corrected chi connectivity index (χ4v) is 4.69. The maximum Gasteiger partial charge on any atom is 0.0961 e. The van der Waals surface area contributed by atoms with Crippen LogP contribution < -0.4 is 5.32 Å². The highest BCUT2D eigenvalue weighted by Crippen LogP contribution is 2.42. The van der Waals surface area contributed by atoms with E-state index in [9.17, 15) is 0 Å². The largest absolute Gasteiger partial charge is 0.308 e. The van der Waals surface area contributed by atoms with Crippen molar-refractivity contribution in [1.29, 1.82) is 0 Å². The summed E-state index contributed by atoms with van der Waals surface area (Å²) in [5, 5.41) is 7.23. The molecule has 3 heterocycles. The van der Waals surface area contributed by atoms with E-state index in [1.807, 2.05) is 11.3 Å².